The number of nitrogens with one attached hydrogen (secondary N) is 1. The van der Waals surface area contributed by atoms with E-state index < -0.39 is 0 Å². The van der Waals surface area contributed by atoms with Crippen molar-refractivity contribution in [2.75, 3.05) is 25.0 Å². The number of carbonyl (C=O) groups is 1. The Kier molecular flexibility index (Phi) is 6.00. The van der Waals surface area contributed by atoms with E-state index >= 15 is 0 Å². The molecule has 22 heavy (non-hydrogen) atoms. The fourth-order valence-corrected chi connectivity index (χ4v) is 2.04. The highest BCUT2D eigenvalue weighted by atomic mass is 16.3. The van der Waals surface area contributed by atoms with Crippen LogP contribution in [0.25, 0.3) is 0 Å². The Balaban J connectivity index is 2.75. The van der Waals surface area contributed by atoms with Gasteiger partial charge in [0.15, 0.2) is 0 Å². The van der Waals surface area contributed by atoms with E-state index in [0.717, 1.165) is 0 Å². The molecule has 0 saturated heterocycles. The van der Waals surface area contributed by atoms with Gasteiger partial charge in [-0.25, -0.2) is 4.79 Å². The summed E-state index contributed by atoms with van der Waals surface area (Å²) < 4.78 is 1.82. The van der Waals surface area contributed by atoms with Crippen LogP contribution in [-0.4, -0.2) is 45.5 Å². The smallest absolute Gasteiger partial charge is 0.321 e. The highest BCUT2D eigenvalue weighted by molar-refractivity contribution is 5.89. The van der Waals surface area contributed by atoms with Gasteiger partial charge in [0.05, 0.1) is 17.4 Å². The van der Waals surface area contributed by atoms with Crippen molar-refractivity contribution >= 4 is 11.7 Å². The molecule has 0 spiro atoms. The molecule has 6 nitrogen and oxygen atoms in total. The Bertz CT molecular complexity index is 483. The van der Waals surface area contributed by atoms with Gasteiger partial charge < -0.3 is 15.3 Å². The van der Waals surface area contributed by atoms with Crippen molar-refractivity contribution in [2.45, 2.75) is 53.5 Å². The van der Waals surface area contributed by atoms with Crippen LogP contribution in [0.2, 0.25) is 0 Å². The Hall–Kier alpha value is -1.56. The molecule has 0 unspecified atom stereocenters. The zero-order valence-corrected chi connectivity index (χ0v) is 14.7. The van der Waals surface area contributed by atoms with Crippen LogP contribution < -0.4 is 5.32 Å². The van der Waals surface area contributed by atoms with E-state index in [4.69, 9.17) is 5.11 Å². The molecule has 0 bridgehead atoms. The Labute approximate surface area is 133 Å². The second kappa shape index (κ2) is 7.13. The molecule has 0 fully saturated rings. The van der Waals surface area contributed by atoms with Crippen LogP contribution in [-0.2, 0) is 5.54 Å². The maximum Gasteiger partial charge on any atom is 0.321 e. The van der Waals surface area contributed by atoms with Crippen molar-refractivity contribution in [1.82, 2.24) is 14.7 Å². The number of anilines is 1. The minimum absolute atomic E-state index is 0.00237. The van der Waals surface area contributed by atoms with E-state index in [1.54, 1.807) is 11.1 Å². The number of carbonyl (C=O) groups excluding carboxylic acids is 1. The van der Waals surface area contributed by atoms with E-state index in [0.29, 0.717) is 25.2 Å². The van der Waals surface area contributed by atoms with Gasteiger partial charge in [-0.15, -0.1) is 0 Å². The van der Waals surface area contributed by atoms with E-state index in [1.807, 2.05) is 10.9 Å². The third-order valence-corrected chi connectivity index (χ3v) is 3.06. The molecule has 6 heteroatoms. The summed E-state index contributed by atoms with van der Waals surface area (Å²) in [4.78, 5) is 14.2. The summed E-state index contributed by atoms with van der Waals surface area (Å²) in [5.41, 5.74) is 0.565. The molecule has 0 atom stereocenters. The molecular weight excluding hydrogens is 280 g/mol. The number of nitrogens with zero attached hydrogens (tertiary/aromatic N) is 3. The fraction of sp³-hybridized carbons (Fsp3) is 0.750. The average Bonchev–Trinajstić information content (AvgIpc) is 2.81. The maximum absolute atomic E-state index is 12.5. The number of aromatic nitrogens is 2. The molecule has 0 radical (unpaired) electrons. The lowest BCUT2D eigenvalue weighted by Crippen LogP contribution is -2.41. The first kappa shape index (κ1) is 18.5. The lowest BCUT2D eigenvalue weighted by atomic mass is 9.96. The minimum atomic E-state index is -0.156. The third-order valence-electron chi connectivity index (χ3n) is 3.06. The summed E-state index contributed by atoms with van der Waals surface area (Å²) in [6.07, 6.45) is 4.06. The van der Waals surface area contributed by atoms with Crippen molar-refractivity contribution < 1.29 is 9.90 Å². The van der Waals surface area contributed by atoms with Crippen LogP contribution in [0.1, 0.15) is 48.0 Å². The summed E-state index contributed by atoms with van der Waals surface area (Å²) in [5, 5.41) is 16.2. The standard InChI is InChI=1S/C16H30N4O2/c1-15(2,3)12-19(8-7-9-21)14(22)18-13-10-17-20(11-13)16(4,5)6/h10-11,21H,7-9,12H2,1-6H3,(H,18,22). The van der Waals surface area contributed by atoms with Gasteiger partial charge in [0.2, 0.25) is 0 Å². The number of aliphatic hydroxyl groups is 1. The topological polar surface area (TPSA) is 70.4 Å². The Morgan fingerprint density at radius 2 is 1.95 bits per heavy atom. The number of hydrogen-bond acceptors (Lipinski definition) is 3. The van der Waals surface area contributed by atoms with Gasteiger partial charge in [-0.2, -0.15) is 5.10 Å². The summed E-state index contributed by atoms with van der Waals surface area (Å²) in [6, 6.07) is -0.156. The number of aliphatic hydroxyl groups excluding tert-OH is 1. The zero-order valence-electron chi connectivity index (χ0n) is 14.7. The van der Waals surface area contributed by atoms with Crippen LogP contribution in [0.5, 0.6) is 0 Å². The number of amides is 2. The number of urea groups is 1. The van der Waals surface area contributed by atoms with Crippen molar-refractivity contribution in [3.05, 3.63) is 12.4 Å². The summed E-state index contributed by atoms with van der Waals surface area (Å²) >= 11 is 0. The molecule has 0 aromatic carbocycles. The molecule has 2 amide bonds. The second-order valence-electron chi connectivity index (χ2n) is 7.83. The first-order valence-corrected chi connectivity index (χ1v) is 7.75. The number of rotatable bonds is 5. The fourth-order valence-electron chi connectivity index (χ4n) is 2.04. The lowest BCUT2D eigenvalue weighted by Gasteiger charge is -2.30. The Morgan fingerprint density at radius 1 is 1.32 bits per heavy atom. The molecule has 1 heterocycles. The summed E-state index contributed by atoms with van der Waals surface area (Å²) in [6.45, 7) is 13.7. The van der Waals surface area contributed by atoms with Crippen LogP contribution >= 0.6 is 0 Å². The molecule has 2 N–H and O–H groups in total. The van der Waals surface area contributed by atoms with Crippen molar-refractivity contribution in [3.63, 3.8) is 0 Å². The van der Waals surface area contributed by atoms with Crippen LogP contribution in [0.15, 0.2) is 12.4 Å². The molecule has 1 aromatic heterocycles. The minimum Gasteiger partial charge on any atom is -0.396 e. The van der Waals surface area contributed by atoms with E-state index in [1.165, 1.54) is 0 Å². The monoisotopic (exact) mass is 310 g/mol. The largest absolute Gasteiger partial charge is 0.396 e. The molecule has 1 rings (SSSR count). The third kappa shape index (κ3) is 6.05. The van der Waals surface area contributed by atoms with Gasteiger partial charge in [-0.1, -0.05) is 20.8 Å². The van der Waals surface area contributed by atoms with Gasteiger partial charge in [0.25, 0.3) is 0 Å². The van der Waals surface area contributed by atoms with E-state index in [-0.39, 0.29) is 23.6 Å². The van der Waals surface area contributed by atoms with Gasteiger partial charge >= 0.3 is 6.03 Å². The van der Waals surface area contributed by atoms with E-state index in [9.17, 15) is 4.79 Å². The first-order valence-electron chi connectivity index (χ1n) is 7.75. The van der Waals surface area contributed by atoms with Crippen molar-refractivity contribution in [1.29, 1.82) is 0 Å². The predicted molar refractivity (Wildman–Crippen MR) is 89.0 cm³/mol. The molecule has 0 aliphatic heterocycles. The second-order valence-corrected chi connectivity index (χ2v) is 7.83. The normalized spacial score (nSPS) is 12.3. The van der Waals surface area contributed by atoms with Crippen LogP contribution in [0.4, 0.5) is 10.5 Å². The highest BCUT2D eigenvalue weighted by Gasteiger charge is 2.21. The molecular formula is C16H30N4O2. The molecule has 0 aliphatic rings. The molecule has 0 aliphatic carbocycles. The summed E-state index contributed by atoms with van der Waals surface area (Å²) in [5.74, 6) is 0. The van der Waals surface area contributed by atoms with Gasteiger partial charge in [0, 0.05) is 25.9 Å². The average molecular weight is 310 g/mol. The summed E-state index contributed by atoms with van der Waals surface area (Å²) in [7, 11) is 0. The van der Waals surface area contributed by atoms with Crippen LogP contribution in [0.3, 0.4) is 0 Å². The SMILES string of the molecule is CC(C)(C)CN(CCCO)C(=O)Nc1cnn(C(C)(C)C)c1. The van der Waals surface area contributed by atoms with E-state index in [2.05, 4.69) is 52.0 Å². The van der Waals surface area contributed by atoms with Crippen molar-refractivity contribution in [3.8, 4) is 0 Å². The van der Waals surface area contributed by atoms with Crippen molar-refractivity contribution in [2.24, 2.45) is 5.41 Å². The molecule has 126 valence electrons. The Morgan fingerprint density at radius 3 is 2.41 bits per heavy atom. The van der Waals surface area contributed by atoms with Gasteiger partial charge in [0.1, 0.15) is 0 Å². The lowest BCUT2D eigenvalue weighted by molar-refractivity contribution is 0.176. The van der Waals surface area contributed by atoms with Crippen LogP contribution in [0, 0.1) is 5.41 Å². The highest BCUT2D eigenvalue weighted by Crippen LogP contribution is 2.18. The van der Waals surface area contributed by atoms with Gasteiger partial charge in [-0.05, 0) is 32.6 Å². The number of hydrogen-bond donors (Lipinski definition) is 2. The first-order chi connectivity index (χ1) is 10.0. The van der Waals surface area contributed by atoms with Gasteiger partial charge in [-0.3, -0.25) is 4.68 Å². The molecule has 0 saturated carbocycles. The molecule has 1 aromatic rings. The maximum atomic E-state index is 12.5. The zero-order chi connectivity index (χ0) is 17.0. The predicted octanol–water partition coefficient (Wildman–Crippen LogP) is 2.90. The quantitative estimate of drug-likeness (QED) is 0.878.